The van der Waals surface area contributed by atoms with Gasteiger partial charge < -0.3 is 10.5 Å². The summed E-state index contributed by atoms with van der Waals surface area (Å²) in [5.41, 5.74) is 5.39. The highest BCUT2D eigenvalue weighted by atomic mass is 16.5. The van der Waals surface area contributed by atoms with Crippen LogP contribution in [0.3, 0.4) is 0 Å². The van der Waals surface area contributed by atoms with Crippen LogP contribution in [0.5, 0.6) is 0 Å². The van der Waals surface area contributed by atoms with Gasteiger partial charge in [-0.15, -0.1) is 0 Å². The highest BCUT2D eigenvalue weighted by Gasteiger charge is 1.98. The van der Waals surface area contributed by atoms with Crippen molar-refractivity contribution in [2.45, 2.75) is 26.7 Å². The summed E-state index contributed by atoms with van der Waals surface area (Å²) < 4.78 is 5.21. The maximum absolute atomic E-state index is 5.39. The highest BCUT2D eigenvalue weighted by Crippen LogP contribution is 2.05. The third-order valence-corrected chi connectivity index (χ3v) is 1.62. The van der Waals surface area contributed by atoms with Crippen LogP contribution >= 0.6 is 0 Å². The molecule has 0 saturated carbocycles. The monoisotopic (exact) mass is 145 g/mol. The number of hydrogen-bond acceptors (Lipinski definition) is 2. The summed E-state index contributed by atoms with van der Waals surface area (Å²) in [5.74, 6) is 0.719. The van der Waals surface area contributed by atoms with E-state index < -0.39 is 0 Å². The fourth-order valence-electron chi connectivity index (χ4n) is 0.858. The molecule has 0 aromatic heterocycles. The molecule has 62 valence electrons. The molecule has 10 heavy (non-hydrogen) atoms. The van der Waals surface area contributed by atoms with Crippen molar-refractivity contribution in [3.05, 3.63) is 0 Å². The topological polar surface area (TPSA) is 35.2 Å². The molecule has 0 unspecified atom stereocenters. The van der Waals surface area contributed by atoms with Crippen molar-refractivity contribution in [2.75, 3.05) is 19.8 Å². The van der Waals surface area contributed by atoms with Gasteiger partial charge in [0.25, 0.3) is 0 Å². The molecule has 0 amide bonds. The van der Waals surface area contributed by atoms with Crippen molar-refractivity contribution < 1.29 is 4.74 Å². The second-order valence-corrected chi connectivity index (χ2v) is 2.67. The van der Waals surface area contributed by atoms with Crippen molar-refractivity contribution in [1.29, 1.82) is 0 Å². The van der Waals surface area contributed by atoms with E-state index in [0.717, 1.165) is 38.5 Å². The first-order chi connectivity index (χ1) is 4.81. The Morgan fingerprint density at radius 3 is 2.60 bits per heavy atom. The van der Waals surface area contributed by atoms with E-state index >= 15 is 0 Å². The van der Waals surface area contributed by atoms with Crippen LogP contribution in [0.1, 0.15) is 26.7 Å². The Labute approximate surface area is 63.7 Å². The minimum absolute atomic E-state index is 0.719. The van der Waals surface area contributed by atoms with Gasteiger partial charge in [0, 0.05) is 13.2 Å². The fraction of sp³-hybridized carbons (Fsp3) is 1.00. The van der Waals surface area contributed by atoms with Gasteiger partial charge in [-0.1, -0.05) is 6.92 Å². The Kier molecular flexibility index (Phi) is 6.98. The molecule has 2 nitrogen and oxygen atoms in total. The molecule has 0 rings (SSSR count). The zero-order valence-corrected chi connectivity index (χ0v) is 7.10. The van der Waals surface area contributed by atoms with Crippen molar-refractivity contribution in [3.63, 3.8) is 0 Å². The molecule has 0 aromatic carbocycles. The van der Waals surface area contributed by atoms with Crippen molar-refractivity contribution >= 4 is 0 Å². The third kappa shape index (κ3) is 6.05. The van der Waals surface area contributed by atoms with Crippen LogP contribution in [0.4, 0.5) is 0 Å². The molecule has 0 saturated heterocycles. The first kappa shape index (κ1) is 9.92. The van der Waals surface area contributed by atoms with Crippen LogP contribution in [-0.4, -0.2) is 19.8 Å². The Morgan fingerprint density at radius 2 is 2.10 bits per heavy atom. The molecule has 0 aromatic rings. The van der Waals surface area contributed by atoms with Crippen LogP contribution in [0.15, 0.2) is 0 Å². The van der Waals surface area contributed by atoms with Crippen molar-refractivity contribution in [1.82, 2.24) is 0 Å². The summed E-state index contributed by atoms with van der Waals surface area (Å²) >= 11 is 0. The smallest absolute Gasteiger partial charge is 0.0468 e. The van der Waals surface area contributed by atoms with E-state index in [0.29, 0.717) is 0 Å². The molecule has 1 atom stereocenters. The molecule has 0 spiro atoms. The normalized spacial score (nSPS) is 13.5. The maximum atomic E-state index is 5.39. The lowest BCUT2D eigenvalue weighted by Crippen LogP contribution is -2.08. The first-order valence-electron chi connectivity index (χ1n) is 4.09. The number of rotatable bonds is 6. The highest BCUT2D eigenvalue weighted by molar-refractivity contribution is 4.52. The van der Waals surface area contributed by atoms with Gasteiger partial charge in [-0.25, -0.2) is 0 Å². The molecule has 0 fully saturated rings. The number of ether oxygens (including phenoxy) is 1. The average molecular weight is 145 g/mol. The van der Waals surface area contributed by atoms with E-state index in [9.17, 15) is 0 Å². The molecule has 0 aliphatic rings. The van der Waals surface area contributed by atoms with E-state index in [1.165, 1.54) is 0 Å². The van der Waals surface area contributed by atoms with Crippen molar-refractivity contribution in [2.24, 2.45) is 11.7 Å². The molecule has 0 aliphatic carbocycles. The summed E-state index contributed by atoms with van der Waals surface area (Å²) in [6, 6.07) is 0. The quantitative estimate of drug-likeness (QED) is 0.573. The zero-order chi connectivity index (χ0) is 7.82. The van der Waals surface area contributed by atoms with Gasteiger partial charge in [0.1, 0.15) is 0 Å². The standard InChI is InChI=1S/C8H19NO/c1-3-10-7-5-8(2)4-6-9/h8H,3-7,9H2,1-2H3/t8-/m0/s1. The van der Waals surface area contributed by atoms with Gasteiger partial charge in [0.2, 0.25) is 0 Å². The minimum Gasteiger partial charge on any atom is -0.382 e. The maximum Gasteiger partial charge on any atom is 0.0468 e. The summed E-state index contributed by atoms with van der Waals surface area (Å²) in [6.45, 7) is 6.75. The van der Waals surface area contributed by atoms with Crippen LogP contribution in [0.2, 0.25) is 0 Å². The van der Waals surface area contributed by atoms with Gasteiger partial charge in [0.15, 0.2) is 0 Å². The second kappa shape index (κ2) is 7.03. The largest absolute Gasteiger partial charge is 0.382 e. The summed E-state index contributed by atoms with van der Waals surface area (Å²) in [4.78, 5) is 0. The lowest BCUT2D eigenvalue weighted by molar-refractivity contribution is 0.133. The summed E-state index contributed by atoms with van der Waals surface area (Å²) in [5, 5.41) is 0. The lowest BCUT2D eigenvalue weighted by Gasteiger charge is -2.08. The molecular formula is C8H19NO. The van der Waals surface area contributed by atoms with Crippen LogP contribution in [0, 0.1) is 5.92 Å². The molecule has 0 aliphatic heterocycles. The van der Waals surface area contributed by atoms with E-state index in [2.05, 4.69) is 6.92 Å². The fourth-order valence-corrected chi connectivity index (χ4v) is 0.858. The second-order valence-electron chi connectivity index (χ2n) is 2.67. The predicted molar refractivity (Wildman–Crippen MR) is 43.9 cm³/mol. The molecular weight excluding hydrogens is 126 g/mol. The third-order valence-electron chi connectivity index (χ3n) is 1.62. The molecule has 0 radical (unpaired) electrons. The van der Waals surface area contributed by atoms with Gasteiger partial charge >= 0.3 is 0 Å². The van der Waals surface area contributed by atoms with Gasteiger partial charge in [-0.2, -0.15) is 0 Å². The minimum atomic E-state index is 0.719. The van der Waals surface area contributed by atoms with E-state index in [4.69, 9.17) is 10.5 Å². The van der Waals surface area contributed by atoms with Gasteiger partial charge in [0.05, 0.1) is 0 Å². The SMILES string of the molecule is CCOCC[C@@H](C)CCN. The number of nitrogens with two attached hydrogens (primary N) is 1. The predicted octanol–water partition coefficient (Wildman–Crippen LogP) is 1.40. The van der Waals surface area contributed by atoms with E-state index in [-0.39, 0.29) is 0 Å². The summed E-state index contributed by atoms with van der Waals surface area (Å²) in [7, 11) is 0. The first-order valence-corrected chi connectivity index (χ1v) is 4.09. The van der Waals surface area contributed by atoms with Gasteiger partial charge in [-0.05, 0) is 32.2 Å². The molecule has 2 heteroatoms. The Hall–Kier alpha value is -0.0800. The molecule has 2 N–H and O–H groups in total. The van der Waals surface area contributed by atoms with Crippen molar-refractivity contribution in [3.8, 4) is 0 Å². The van der Waals surface area contributed by atoms with Gasteiger partial charge in [-0.3, -0.25) is 0 Å². The zero-order valence-electron chi connectivity index (χ0n) is 7.10. The molecule has 0 heterocycles. The Morgan fingerprint density at radius 1 is 1.40 bits per heavy atom. The van der Waals surface area contributed by atoms with Crippen LogP contribution in [0.25, 0.3) is 0 Å². The van der Waals surface area contributed by atoms with E-state index in [1.807, 2.05) is 6.92 Å². The lowest BCUT2D eigenvalue weighted by atomic mass is 10.1. The Balaban J connectivity index is 2.97. The number of hydrogen-bond donors (Lipinski definition) is 1. The summed E-state index contributed by atoms with van der Waals surface area (Å²) in [6.07, 6.45) is 2.26. The van der Waals surface area contributed by atoms with E-state index in [1.54, 1.807) is 0 Å². The Bertz CT molecular complexity index is 66.3. The average Bonchev–Trinajstić information content (AvgIpc) is 1.89. The van der Waals surface area contributed by atoms with Crippen LogP contribution in [-0.2, 0) is 4.74 Å². The molecule has 0 bridgehead atoms. The van der Waals surface area contributed by atoms with Crippen LogP contribution < -0.4 is 5.73 Å².